The lowest BCUT2D eigenvalue weighted by Gasteiger charge is -2.44. The van der Waals surface area contributed by atoms with Crippen LogP contribution in [-0.2, 0) is 0 Å². The first-order valence-corrected chi connectivity index (χ1v) is 5.53. The fourth-order valence-corrected chi connectivity index (χ4v) is 3.86. The highest BCUT2D eigenvalue weighted by Crippen LogP contribution is 2.70. The summed E-state index contributed by atoms with van der Waals surface area (Å²) in [5.74, 6) is 3.31. The zero-order chi connectivity index (χ0) is 10.6. The normalized spacial score (nSPS) is 49.2. The van der Waals surface area contributed by atoms with Gasteiger partial charge in [0.15, 0.2) is 0 Å². The van der Waals surface area contributed by atoms with Crippen molar-refractivity contribution >= 4 is 0 Å². The van der Waals surface area contributed by atoms with Crippen LogP contribution in [0.1, 0.15) is 46.5 Å². The molecule has 2 aliphatic rings. The number of terminal acetylenes is 1. The Morgan fingerprint density at radius 1 is 1.43 bits per heavy atom. The van der Waals surface area contributed by atoms with Crippen LogP contribution in [0.15, 0.2) is 0 Å². The molecule has 0 aromatic heterocycles. The third-order valence-corrected chi connectivity index (χ3v) is 5.44. The van der Waals surface area contributed by atoms with Gasteiger partial charge < -0.3 is 5.11 Å². The van der Waals surface area contributed by atoms with Crippen molar-refractivity contribution in [1.82, 2.24) is 0 Å². The van der Waals surface area contributed by atoms with E-state index in [1.165, 1.54) is 6.42 Å². The van der Waals surface area contributed by atoms with E-state index in [1.807, 2.05) is 0 Å². The van der Waals surface area contributed by atoms with Gasteiger partial charge in [-0.05, 0) is 30.6 Å². The average molecular weight is 192 g/mol. The van der Waals surface area contributed by atoms with Gasteiger partial charge in [0.25, 0.3) is 0 Å². The van der Waals surface area contributed by atoms with Crippen LogP contribution in [-0.4, -0.2) is 10.7 Å². The Bertz CT molecular complexity index is 299. The van der Waals surface area contributed by atoms with Crippen LogP contribution in [0, 0.1) is 29.1 Å². The van der Waals surface area contributed by atoms with Crippen LogP contribution in [0.3, 0.4) is 0 Å². The quantitative estimate of drug-likeness (QED) is 0.633. The van der Waals surface area contributed by atoms with Crippen molar-refractivity contribution in [2.45, 2.75) is 52.1 Å². The molecule has 0 saturated heterocycles. The molecule has 0 aromatic rings. The molecule has 2 rings (SSSR count). The highest BCUT2D eigenvalue weighted by Gasteiger charge is 2.67. The molecule has 2 aliphatic carbocycles. The van der Waals surface area contributed by atoms with Crippen molar-refractivity contribution in [2.75, 3.05) is 0 Å². The lowest BCUT2D eigenvalue weighted by molar-refractivity contribution is -0.0851. The summed E-state index contributed by atoms with van der Waals surface area (Å²) in [4.78, 5) is 0. The van der Waals surface area contributed by atoms with E-state index in [0.717, 1.165) is 12.8 Å². The molecule has 78 valence electrons. The molecular weight excluding hydrogens is 172 g/mol. The van der Waals surface area contributed by atoms with Gasteiger partial charge >= 0.3 is 0 Å². The van der Waals surface area contributed by atoms with E-state index in [-0.39, 0.29) is 10.8 Å². The summed E-state index contributed by atoms with van der Waals surface area (Å²) in [6.07, 6.45) is 9.17. The Kier molecular flexibility index (Phi) is 1.83. The first-order valence-electron chi connectivity index (χ1n) is 5.53. The van der Waals surface area contributed by atoms with E-state index < -0.39 is 5.60 Å². The molecule has 1 N–H and O–H groups in total. The molecule has 1 nitrogen and oxygen atoms in total. The highest BCUT2D eigenvalue weighted by molar-refractivity contribution is 5.20. The maximum Gasteiger partial charge on any atom is 0.0817 e. The zero-order valence-electron chi connectivity index (χ0n) is 9.43. The molecule has 2 fully saturated rings. The van der Waals surface area contributed by atoms with Gasteiger partial charge in [0.2, 0.25) is 0 Å². The van der Waals surface area contributed by atoms with Gasteiger partial charge in [-0.3, -0.25) is 0 Å². The number of hydrogen-bond acceptors (Lipinski definition) is 1. The minimum Gasteiger partial charge on any atom is -0.388 e. The van der Waals surface area contributed by atoms with E-state index in [1.54, 1.807) is 0 Å². The Labute approximate surface area is 86.9 Å². The maximum atomic E-state index is 10.6. The monoisotopic (exact) mass is 192 g/mol. The van der Waals surface area contributed by atoms with Gasteiger partial charge in [-0.2, -0.15) is 0 Å². The van der Waals surface area contributed by atoms with Crippen LogP contribution < -0.4 is 0 Å². The molecule has 2 saturated carbocycles. The molecule has 1 heteroatoms. The molecule has 0 unspecified atom stereocenters. The van der Waals surface area contributed by atoms with E-state index in [9.17, 15) is 5.11 Å². The Hall–Kier alpha value is -0.480. The number of hydrogen-bond donors (Lipinski definition) is 1. The molecule has 0 spiro atoms. The number of aliphatic hydroxyl groups is 1. The van der Waals surface area contributed by atoms with Crippen molar-refractivity contribution in [3.8, 4) is 12.3 Å². The van der Waals surface area contributed by atoms with E-state index >= 15 is 0 Å². The van der Waals surface area contributed by atoms with Crippen LogP contribution in [0.4, 0.5) is 0 Å². The smallest absolute Gasteiger partial charge is 0.0817 e. The lowest BCUT2D eigenvalue weighted by Crippen LogP contribution is -2.46. The molecule has 0 amide bonds. The van der Waals surface area contributed by atoms with Crippen molar-refractivity contribution in [3.63, 3.8) is 0 Å². The van der Waals surface area contributed by atoms with E-state index in [2.05, 4.69) is 26.7 Å². The van der Waals surface area contributed by atoms with Crippen LogP contribution in [0.5, 0.6) is 0 Å². The lowest BCUT2D eigenvalue weighted by atomic mass is 9.63. The second-order valence-electron chi connectivity index (χ2n) is 5.91. The summed E-state index contributed by atoms with van der Waals surface area (Å²) in [6, 6.07) is 0. The maximum absolute atomic E-state index is 10.6. The van der Waals surface area contributed by atoms with E-state index in [0.29, 0.717) is 12.3 Å². The second kappa shape index (κ2) is 2.55. The van der Waals surface area contributed by atoms with Crippen molar-refractivity contribution in [1.29, 1.82) is 0 Å². The molecule has 14 heavy (non-hydrogen) atoms. The summed E-state index contributed by atoms with van der Waals surface area (Å²) >= 11 is 0. The van der Waals surface area contributed by atoms with Crippen LogP contribution in [0.25, 0.3) is 0 Å². The van der Waals surface area contributed by atoms with Gasteiger partial charge in [0.1, 0.15) is 0 Å². The van der Waals surface area contributed by atoms with Gasteiger partial charge in [-0.15, -0.1) is 12.3 Å². The van der Waals surface area contributed by atoms with Gasteiger partial charge in [0, 0.05) is 11.8 Å². The largest absolute Gasteiger partial charge is 0.388 e. The summed E-state index contributed by atoms with van der Waals surface area (Å²) in [6.45, 7) is 6.80. The third kappa shape index (κ3) is 0.859. The first kappa shape index (κ1) is 10.1. The predicted molar refractivity (Wildman–Crippen MR) is 57.6 cm³/mol. The van der Waals surface area contributed by atoms with E-state index in [4.69, 9.17) is 6.42 Å². The number of rotatable bonds is 1. The summed E-state index contributed by atoms with van der Waals surface area (Å²) in [7, 11) is 0. The fraction of sp³-hybridized carbons (Fsp3) is 0.846. The minimum absolute atomic E-state index is 0.0248. The van der Waals surface area contributed by atoms with Crippen molar-refractivity contribution in [3.05, 3.63) is 0 Å². The van der Waals surface area contributed by atoms with Crippen molar-refractivity contribution < 1.29 is 5.11 Å². The predicted octanol–water partition coefficient (Wildman–Crippen LogP) is 2.59. The number of fused-ring (bicyclic) bond motifs is 2. The summed E-state index contributed by atoms with van der Waals surface area (Å²) in [5, 5.41) is 10.6. The zero-order valence-corrected chi connectivity index (χ0v) is 9.43. The molecule has 0 radical (unpaired) electrons. The van der Waals surface area contributed by atoms with Gasteiger partial charge in [-0.25, -0.2) is 0 Å². The van der Waals surface area contributed by atoms with Gasteiger partial charge in [-0.1, -0.05) is 20.8 Å². The molecule has 3 atom stereocenters. The SMILES string of the molecule is C#CC[C@@]1(O)C[C@H]2CC[C@]1(C)C2(C)C. The Morgan fingerprint density at radius 2 is 2.07 bits per heavy atom. The molecular formula is C13H20O. The average Bonchev–Trinajstić information content (AvgIpc) is 2.36. The fourth-order valence-electron chi connectivity index (χ4n) is 3.86. The summed E-state index contributed by atoms with van der Waals surface area (Å²) in [5.41, 5.74) is -0.330. The highest BCUT2D eigenvalue weighted by atomic mass is 16.3. The standard InChI is InChI=1S/C13H20O/c1-5-7-13(14)9-10-6-8-12(13,4)11(10,2)3/h1,10,14H,6-9H2,2-4H3/t10-,12-,13-/m1/s1. The Balaban J connectivity index is 2.41. The first-order chi connectivity index (χ1) is 6.37. The van der Waals surface area contributed by atoms with Crippen molar-refractivity contribution in [2.24, 2.45) is 16.7 Å². The van der Waals surface area contributed by atoms with Crippen LogP contribution in [0.2, 0.25) is 0 Å². The summed E-state index contributed by atoms with van der Waals surface area (Å²) < 4.78 is 0. The Morgan fingerprint density at radius 3 is 2.43 bits per heavy atom. The molecule has 0 heterocycles. The minimum atomic E-state index is -0.603. The second-order valence-corrected chi connectivity index (χ2v) is 5.91. The topological polar surface area (TPSA) is 20.2 Å². The molecule has 0 aliphatic heterocycles. The molecule has 2 bridgehead atoms. The molecule has 0 aromatic carbocycles. The third-order valence-electron chi connectivity index (χ3n) is 5.44. The van der Waals surface area contributed by atoms with Gasteiger partial charge in [0.05, 0.1) is 5.60 Å². The van der Waals surface area contributed by atoms with Crippen LogP contribution >= 0.6 is 0 Å².